The first-order valence-electron chi connectivity index (χ1n) is 11.5. The van der Waals surface area contributed by atoms with Gasteiger partial charge in [-0.05, 0) is 59.2 Å². The van der Waals surface area contributed by atoms with E-state index in [9.17, 15) is 9.59 Å². The standard InChI is InChI=1S/C29H23ClN2O4/c1-2-35-26-17-19(15-24-28(33)31-32(29(24)34)22-12-4-3-5-13-22)16-25(30)27(26)36-18-21-11-8-10-20-9-6-7-14-23(20)21/h3-17H,2,18H2,1H3,(H,31,33)/b24-15+. The fourth-order valence-electron chi connectivity index (χ4n) is 4.13. The Morgan fingerprint density at radius 3 is 2.47 bits per heavy atom. The Hall–Kier alpha value is -4.29. The Balaban J connectivity index is 1.43. The summed E-state index contributed by atoms with van der Waals surface area (Å²) in [6, 6.07) is 26.4. The fraction of sp³-hybridized carbons (Fsp3) is 0.103. The van der Waals surface area contributed by atoms with Crippen molar-refractivity contribution < 1.29 is 19.1 Å². The van der Waals surface area contributed by atoms with Gasteiger partial charge in [-0.15, -0.1) is 0 Å². The predicted molar refractivity (Wildman–Crippen MR) is 141 cm³/mol. The molecule has 6 nitrogen and oxygen atoms in total. The zero-order valence-corrected chi connectivity index (χ0v) is 20.3. The van der Waals surface area contributed by atoms with Crippen LogP contribution in [0.25, 0.3) is 16.8 Å². The molecule has 0 saturated carbocycles. The minimum Gasteiger partial charge on any atom is -0.490 e. The van der Waals surface area contributed by atoms with Gasteiger partial charge < -0.3 is 9.47 Å². The number of hydrogen-bond donors (Lipinski definition) is 1. The van der Waals surface area contributed by atoms with E-state index in [2.05, 4.69) is 23.6 Å². The van der Waals surface area contributed by atoms with E-state index in [4.69, 9.17) is 21.1 Å². The summed E-state index contributed by atoms with van der Waals surface area (Å²) in [6.07, 6.45) is 1.50. The van der Waals surface area contributed by atoms with E-state index in [1.165, 1.54) is 11.1 Å². The number of carbonyl (C=O) groups excluding carboxylic acids is 2. The molecule has 0 radical (unpaired) electrons. The molecule has 1 N–H and O–H groups in total. The number of benzene rings is 4. The summed E-state index contributed by atoms with van der Waals surface area (Å²) < 4.78 is 11.9. The molecular weight excluding hydrogens is 476 g/mol. The Morgan fingerprint density at radius 1 is 0.917 bits per heavy atom. The van der Waals surface area contributed by atoms with Gasteiger partial charge in [0.25, 0.3) is 11.8 Å². The minimum atomic E-state index is -0.491. The Morgan fingerprint density at radius 2 is 1.67 bits per heavy atom. The number of hydrogen-bond acceptors (Lipinski definition) is 4. The van der Waals surface area contributed by atoms with Crippen molar-refractivity contribution in [2.24, 2.45) is 0 Å². The smallest absolute Gasteiger partial charge is 0.282 e. The molecule has 4 aromatic rings. The second kappa shape index (κ2) is 10.1. The molecule has 1 aliphatic heterocycles. The van der Waals surface area contributed by atoms with Crippen LogP contribution in [0.15, 0.2) is 90.5 Å². The Bertz CT molecular complexity index is 1480. The first kappa shape index (κ1) is 23.5. The quantitative estimate of drug-likeness (QED) is 0.253. The number of nitrogens with zero attached hydrogens (tertiary/aromatic N) is 1. The predicted octanol–water partition coefficient (Wildman–Crippen LogP) is 5.93. The molecule has 1 saturated heterocycles. The lowest BCUT2D eigenvalue weighted by Crippen LogP contribution is -2.35. The van der Waals surface area contributed by atoms with Crippen LogP contribution in [-0.2, 0) is 16.2 Å². The largest absolute Gasteiger partial charge is 0.490 e. The van der Waals surface area contributed by atoms with E-state index >= 15 is 0 Å². The summed E-state index contributed by atoms with van der Waals surface area (Å²) in [6.45, 7) is 2.55. The zero-order valence-electron chi connectivity index (χ0n) is 19.5. The van der Waals surface area contributed by atoms with Crippen molar-refractivity contribution >= 4 is 46.0 Å². The van der Waals surface area contributed by atoms with Crippen LogP contribution in [0.4, 0.5) is 5.69 Å². The lowest BCUT2D eigenvalue weighted by molar-refractivity contribution is -0.117. The van der Waals surface area contributed by atoms with Crippen molar-refractivity contribution in [2.75, 3.05) is 11.6 Å². The Labute approximate surface area is 213 Å². The van der Waals surface area contributed by atoms with Gasteiger partial charge in [0, 0.05) is 0 Å². The van der Waals surface area contributed by atoms with Crippen LogP contribution in [0.3, 0.4) is 0 Å². The first-order chi connectivity index (χ1) is 17.5. The molecule has 0 bridgehead atoms. The maximum Gasteiger partial charge on any atom is 0.282 e. The Kier molecular flexibility index (Phi) is 6.60. The van der Waals surface area contributed by atoms with Gasteiger partial charge in [-0.2, -0.15) is 0 Å². The summed E-state index contributed by atoms with van der Waals surface area (Å²) in [5.74, 6) is -0.102. The van der Waals surface area contributed by atoms with Crippen molar-refractivity contribution in [3.05, 3.63) is 107 Å². The van der Waals surface area contributed by atoms with Gasteiger partial charge >= 0.3 is 0 Å². The number of carbonyl (C=O) groups is 2. The summed E-state index contributed by atoms with van der Waals surface area (Å²) >= 11 is 6.61. The molecule has 1 aliphatic rings. The molecule has 0 aromatic heterocycles. The average molecular weight is 499 g/mol. The first-order valence-corrected chi connectivity index (χ1v) is 11.9. The zero-order chi connectivity index (χ0) is 25.1. The molecule has 1 fully saturated rings. The number of rotatable bonds is 7. The van der Waals surface area contributed by atoms with Crippen LogP contribution in [-0.4, -0.2) is 18.4 Å². The monoisotopic (exact) mass is 498 g/mol. The number of ether oxygens (including phenoxy) is 2. The second-order valence-electron chi connectivity index (χ2n) is 8.16. The average Bonchev–Trinajstić information content (AvgIpc) is 3.17. The maximum absolute atomic E-state index is 12.9. The molecule has 36 heavy (non-hydrogen) atoms. The number of halogens is 1. The van der Waals surface area contributed by atoms with Crippen LogP contribution >= 0.6 is 11.6 Å². The molecule has 4 aromatic carbocycles. The van der Waals surface area contributed by atoms with Crippen LogP contribution < -0.4 is 19.9 Å². The molecule has 0 spiro atoms. The third kappa shape index (κ3) is 4.63. The van der Waals surface area contributed by atoms with E-state index in [1.807, 2.05) is 37.3 Å². The van der Waals surface area contributed by atoms with Crippen LogP contribution in [0.1, 0.15) is 18.1 Å². The van der Waals surface area contributed by atoms with Gasteiger partial charge in [-0.25, -0.2) is 5.01 Å². The van der Waals surface area contributed by atoms with E-state index in [-0.39, 0.29) is 5.57 Å². The highest BCUT2D eigenvalue weighted by Gasteiger charge is 2.34. The molecule has 0 unspecified atom stereocenters. The molecule has 0 aliphatic carbocycles. The van der Waals surface area contributed by atoms with E-state index in [0.29, 0.717) is 41.0 Å². The molecule has 7 heteroatoms. The van der Waals surface area contributed by atoms with Gasteiger partial charge in [0.15, 0.2) is 11.5 Å². The normalized spacial score (nSPS) is 14.4. The number of anilines is 1. The van der Waals surface area contributed by atoms with Crippen LogP contribution in [0.5, 0.6) is 11.5 Å². The van der Waals surface area contributed by atoms with Crippen molar-refractivity contribution in [3.63, 3.8) is 0 Å². The lowest BCUT2D eigenvalue weighted by Gasteiger charge is -2.15. The highest BCUT2D eigenvalue weighted by atomic mass is 35.5. The van der Waals surface area contributed by atoms with Gasteiger partial charge in [0.2, 0.25) is 0 Å². The van der Waals surface area contributed by atoms with Crippen molar-refractivity contribution in [1.29, 1.82) is 0 Å². The van der Waals surface area contributed by atoms with Gasteiger partial charge in [-0.3, -0.25) is 15.0 Å². The second-order valence-corrected chi connectivity index (χ2v) is 8.57. The van der Waals surface area contributed by atoms with E-state index < -0.39 is 11.8 Å². The third-order valence-electron chi connectivity index (χ3n) is 5.80. The number of amides is 2. The summed E-state index contributed by atoms with van der Waals surface area (Å²) in [4.78, 5) is 25.5. The molecule has 2 amide bonds. The van der Waals surface area contributed by atoms with Gasteiger partial charge in [0.05, 0.1) is 17.3 Å². The SMILES string of the molecule is CCOc1cc(/C=C2\C(=O)NN(c3ccccc3)C2=O)cc(Cl)c1OCc1cccc2ccccc12. The molecule has 1 heterocycles. The maximum atomic E-state index is 12.9. The topological polar surface area (TPSA) is 67.9 Å². The fourth-order valence-corrected chi connectivity index (χ4v) is 4.40. The van der Waals surface area contributed by atoms with Gasteiger partial charge in [0.1, 0.15) is 12.2 Å². The molecule has 180 valence electrons. The molecule has 0 atom stereocenters. The summed E-state index contributed by atoms with van der Waals surface area (Å²) in [5.41, 5.74) is 4.74. The van der Waals surface area contributed by atoms with Crippen LogP contribution in [0.2, 0.25) is 5.02 Å². The van der Waals surface area contributed by atoms with Crippen molar-refractivity contribution in [3.8, 4) is 11.5 Å². The van der Waals surface area contributed by atoms with Crippen LogP contribution in [0, 0.1) is 0 Å². The molecule has 5 rings (SSSR count). The number of fused-ring (bicyclic) bond motifs is 1. The van der Waals surface area contributed by atoms with E-state index in [0.717, 1.165) is 16.3 Å². The third-order valence-corrected chi connectivity index (χ3v) is 6.08. The highest BCUT2D eigenvalue weighted by molar-refractivity contribution is 6.33. The number of nitrogens with one attached hydrogen (secondary N) is 1. The number of para-hydroxylation sites is 1. The highest BCUT2D eigenvalue weighted by Crippen LogP contribution is 2.38. The van der Waals surface area contributed by atoms with Gasteiger partial charge in [-0.1, -0.05) is 72.3 Å². The number of hydrazine groups is 1. The summed E-state index contributed by atoms with van der Waals surface area (Å²) in [7, 11) is 0. The molecular formula is C29H23ClN2O4. The lowest BCUT2D eigenvalue weighted by atomic mass is 10.1. The van der Waals surface area contributed by atoms with Crippen molar-refractivity contribution in [1.82, 2.24) is 5.43 Å². The summed E-state index contributed by atoms with van der Waals surface area (Å²) in [5, 5.41) is 3.77. The minimum absolute atomic E-state index is 0.00166. The van der Waals surface area contributed by atoms with E-state index in [1.54, 1.807) is 36.4 Å². The van der Waals surface area contributed by atoms with Crippen molar-refractivity contribution in [2.45, 2.75) is 13.5 Å².